The van der Waals surface area contributed by atoms with Crippen molar-refractivity contribution in [3.05, 3.63) is 0 Å². The molecule has 14 nitrogen and oxygen atoms in total. The van der Waals surface area contributed by atoms with Crippen molar-refractivity contribution in [1.29, 1.82) is 0 Å². The molecule has 0 aromatic carbocycles. The monoisotopic (exact) mass is 566 g/mol. The second-order valence-electron chi connectivity index (χ2n) is 6.92. The summed E-state index contributed by atoms with van der Waals surface area (Å²) in [5.41, 5.74) is 0. The smallest absolute Gasteiger partial charge is 0.278 e. The number of aliphatic hydroxyl groups excluding tert-OH is 10. The second-order valence-corrected chi connectivity index (χ2v) is 7.69. The largest absolute Gasteiger partial charge is 0.394 e. The normalized spacial score (nSPS) is 18.1. The molecule has 0 aliphatic heterocycles. The summed E-state index contributed by atoms with van der Waals surface area (Å²) >= 11 is 6.98. The Balaban J connectivity index is -0.000000529. The third-order valence-electron chi connectivity index (χ3n) is 4.23. The van der Waals surface area contributed by atoms with Crippen molar-refractivity contribution in [2.75, 3.05) is 40.4 Å². The molecule has 0 fully saturated rings. The molecule has 0 spiro atoms. The number of aliphatic hydroxyl groups is 10. The molecule has 0 unspecified atom stereocenters. The predicted octanol–water partition coefficient (Wildman–Crippen LogP) is -5.19. The predicted molar refractivity (Wildman–Crippen MR) is 116 cm³/mol. The summed E-state index contributed by atoms with van der Waals surface area (Å²) in [6, 6.07) is 0. The number of nitrogens with zero attached hydrogens (tertiary/aromatic N) is 2. The zero-order valence-corrected chi connectivity index (χ0v) is 20.8. The van der Waals surface area contributed by atoms with E-state index in [1.807, 2.05) is 0 Å². The molecule has 0 rings (SSSR count). The first-order valence-electron chi connectivity index (χ1n) is 9.16. The summed E-state index contributed by atoms with van der Waals surface area (Å²) in [7, 11) is 2.69. The molecule has 0 aliphatic rings. The quantitative estimate of drug-likeness (QED) is 0.0784. The van der Waals surface area contributed by atoms with Gasteiger partial charge >= 0.3 is 0 Å². The van der Waals surface area contributed by atoms with Crippen LogP contribution in [0.15, 0.2) is 0 Å². The maximum absolute atomic E-state index is 10.7. The van der Waals surface area contributed by atoms with Crippen LogP contribution in [0.25, 0.3) is 0 Å². The van der Waals surface area contributed by atoms with E-state index in [2.05, 4.69) is 25.3 Å². The third kappa shape index (κ3) is 14.7. The van der Waals surface area contributed by atoms with Crippen LogP contribution in [0.1, 0.15) is 0 Å². The number of likely N-dealkylation sites (N-methyl/N-ethyl adjacent to an activating group) is 2. The molecular weight excluding hydrogens is 532 g/mol. The Morgan fingerprint density at radius 2 is 0.818 bits per heavy atom. The Kier molecular flexibility index (Phi) is 21.5. The molecule has 0 aromatic rings. The van der Waals surface area contributed by atoms with Crippen molar-refractivity contribution in [3.63, 3.8) is 0 Å². The van der Waals surface area contributed by atoms with E-state index in [1.165, 1.54) is 14.1 Å². The SMILES string of the molecule is CN(C[C@H](O)[C@@H](O)[C@H](O)[C@H](O)CO)C(=O)S.CN(C[C@H](O)[C@@H](O)[C@H](O)[C@H](O)CO)C(=O)S.[Fe]. The maximum atomic E-state index is 10.7. The van der Waals surface area contributed by atoms with Crippen molar-refractivity contribution in [2.24, 2.45) is 0 Å². The molecule has 0 aliphatic carbocycles. The van der Waals surface area contributed by atoms with Crippen LogP contribution in [0.5, 0.6) is 0 Å². The molecule has 0 saturated heterocycles. The second kappa shape index (κ2) is 19.0. The van der Waals surface area contributed by atoms with Gasteiger partial charge in [-0.2, -0.15) is 0 Å². The van der Waals surface area contributed by atoms with Crippen LogP contribution >= 0.6 is 25.3 Å². The summed E-state index contributed by atoms with van der Waals surface area (Å²) in [4.78, 5) is 23.5. The first-order chi connectivity index (χ1) is 14.6. The average Bonchev–Trinajstić information content (AvgIpc) is 2.75. The topological polar surface area (TPSA) is 243 Å². The summed E-state index contributed by atoms with van der Waals surface area (Å²) in [5.74, 6) is 0. The Bertz CT molecular complexity index is 510. The van der Waals surface area contributed by atoms with Crippen LogP contribution in [0.3, 0.4) is 0 Å². The van der Waals surface area contributed by atoms with Crippen molar-refractivity contribution >= 4 is 35.7 Å². The minimum absolute atomic E-state index is 0. The number of amides is 2. The molecule has 0 heterocycles. The third-order valence-corrected chi connectivity index (χ3v) is 4.91. The van der Waals surface area contributed by atoms with Gasteiger partial charge in [-0.1, -0.05) is 25.3 Å². The number of carbonyl (C=O) groups is 2. The first kappa shape index (κ1) is 37.3. The molecule has 10 N–H and O–H groups in total. The van der Waals surface area contributed by atoms with Crippen LogP contribution in [0.4, 0.5) is 9.59 Å². The number of carbonyl (C=O) groups excluding carboxylic acids is 2. The van der Waals surface area contributed by atoms with Gasteiger partial charge in [0.15, 0.2) is 0 Å². The van der Waals surface area contributed by atoms with E-state index in [1.54, 1.807) is 0 Å². The van der Waals surface area contributed by atoms with Crippen molar-refractivity contribution in [2.45, 2.75) is 48.8 Å². The van der Waals surface area contributed by atoms with E-state index in [0.29, 0.717) is 0 Å². The van der Waals surface area contributed by atoms with Crippen molar-refractivity contribution in [1.82, 2.24) is 9.80 Å². The van der Waals surface area contributed by atoms with Gasteiger partial charge in [0, 0.05) is 44.3 Å². The Hall–Kier alpha value is -0.241. The van der Waals surface area contributed by atoms with Crippen LogP contribution in [0, 0.1) is 0 Å². The molecule has 0 bridgehead atoms. The fourth-order valence-electron chi connectivity index (χ4n) is 2.06. The molecule has 17 heteroatoms. The number of hydrogen-bond acceptors (Lipinski definition) is 12. The van der Waals surface area contributed by atoms with Gasteiger partial charge in [0.05, 0.1) is 13.2 Å². The van der Waals surface area contributed by atoms with E-state index < -0.39 is 72.5 Å². The molecule has 0 saturated carbocycles. The van der Waals surface area contributed by atoms with Crippen molar-refractivity contribution < 1.29 is 77.7 Å². The molecular formula is C16H34FeN2O12S2. The van der Waals surface area contributed by atoms with Gasteiger partial charge in [-0.3, -0.25) is 9.59 Å². The van der Waals surface area contributed by atoms with Gasteiger partial charge in [-0.05, 0) is 0 Å². The van der Waals surface area contributed by atoms with Gasteiger partial charge < -0.3 is 60.9 Å². The molecule has 0 radical (unpaired) electrons. The van der Waals surface area contributed by atoms with Crippen molar-refractivity contribution in [3.8, 4) is 0 Å². The zero-order chi connectivity index (χ0) is 25.8. The minimum Gasteiger partial charge on any atom is -0.394 e. The summed E-state index contributed by atoms with van der Waals surface area (Å²) in [6.45, 7) is -1.99. The fourth-order valence-corrected chi connectivity index (χ4v) is 2.22. The minimum atomic E-state index is -1.69. The van der Waals surface area contributed by atoms with E-state index in [9.17, 15) is 40.2 Å². The van der Waals surface area contributed by atoms with Crippen LogP contribution in [-0.4, -0.2) is 161 Å². The van der Waals surface area contributed by atoms with Gasteiger partial charge in [0.1, 0.15) is 48.8 Å². The van der Waals surface area contributed by atoms with Gasteiger partial charge in [0.25, 0.3) is 10.5 Å². The average molecular weight is 566 g/mol. The number of hydrogen-bond donors (Lipinski definition) is 12. The summed E-state index contributed by atoms with van der Waals surface area (Å²) < 4.78 is 0. The molecule has 0 aromatic heterocycles. The van der Waals surface area contributed by atoms with Gasteiger partial charge in [-0.25, -0.2) is 0 Å². The Labute approximate surface area is 212 Å². The fraction of sp³-hybridized carbons (Fsp3) is 0.875. The van der Waals surface area contributed by atoms with E-state index in [4.69, 9.17) is 20.4 Å². The summed E-state index contributed by atoms with van der Waals surface area (Å²) in [6.07, 6.45) is -12.7. The number of rotatable bonds is 12. The van der Waals surface area contributed by atoms with Crippen LogP contribution in [0.2, 0.25) is 0 Å². The first-order valence-corrected chi connectivity index (χ1v) is 10.1. The Morgan fingerprint density at radius 1 is 0.606 bits per heavy atom. The van der Waals surface area contributed by atoms with Crippen LogP contribution < -0.4 is 0 Å². The zero-order valence-electron chi connectivity index (χ0n) is 17.9. The Morgan fingerprint density at radius 3 is 1.00 bits per heavy atom. The number of thiol groups is 2. The van der Waals surface area contributed by atoms with Gasteiger partial charge in [0.2, 0.25) is 0 Å². The van der Waals surface area contributed by atoms with Gasteiger partial charge in [-0.15, -0.1) is 0 Å². The molecule has 2 amide bonds. The van der Waals surface area contributed by atoms with E-state index in [-0.39, 0.29) is 30.2 Å². The van der Waals surface area contributed by atoms with E-state index >= 15 is 0 Å². The summed E-state index contributed by atoms with van der Waals surface area (Å²) in [5, 5.41) is 90.0. The maximum Gasteiger partial charge on any atom is 0.278 e. The molecule has 200 valence electrons. The molecule has 8 atom stereocenters. The van der Waals surface area contributed by atoms with E-state index in [0.717, 1.165) is 9.80 Å². The molecule has 33 heavy (non-hydrogen) atoms. The standard InChI is InChI=1S/2C8H17NO6S.Fe/c2*1-9(8(15)16)2-4(11)6(13)7(14)5(12)3-10;/h2*4-7,10-14H,2-3H2,1H3,(H,15,16);/t2*4-,5+,6+,7+;/m00./s1. The van der Waals surface area contributed by atoms with Crippen LogP contribution in [-0.2, 0) is 17.1 Å².